The van der Waals surface area contributed by atoms with Crippen LogP contribution in [-0.2, 0) is 13.2 Å². The van der Waals surface area contributed by atoms with Gasteiger partial charge in [0.1, 0.15) is 18.1 Å². The van der Waals surface area contributed by atoms with Crippen LogP contribution in [0.15, 0.2) is 34.9 Å². The van der Waals surface area contributed by atoms with Gasteiger partial charge in [-0.2, -0.15) is 0 Å². The van der Waals surface area contributed by atoms with Crippen LogP contribution >= 0.6 is 23.2 Å². The molecule has 0 aliphatic rings. The minimum Gasteiger partial charge on any atom is -0.489 e. The summed E-state index contributed by atoms with van der Waals surface area (Å²) in [5.74, 6) is 1.38. The lowest BCUT2D eigenvalue weighted by atomic mass is 10.2. The van der Waals surface area contributed by atoms with E-state index in [1.165, 1.54) is 0 Å². The molecule has 2 N–H and O–H groups in total. The van der Waals surface area contributed by atoms with E-state index in [4.69, 9.17) is 38.1 Å². The number of furan rings is 1. The fourth-order valence-corrected chi connectivity index (χ4v) is 1.69. The van der Waals surface area contributed by atoms with E-state index in [-0.39, 0.29) is 0 Å². The largest absolute Gasteiger partial charge is 0.489 e. The molecule has 0 spiro atoms. The molecule has 0 saturated heterocycles. The first kappa shape index (κ1) is 12.3. The summed E-state index contributed by atoms with van der Waals surface area (Å²) in [6.07, 6.45) is 1.59. The predicted octanol–water partition coefficient (Wildman–Crippen LogP) is 3.62. The van der Waals surface area contributed by atoms with Gasteiger partial charge in [0, 0.05) is 11.6 Å². The highest BCUT2D eigenvalue weighted by atomic mass is 35.5. The molecule has 1 aromatic heterocycles. The third-order valence-corrected chi connectivity index (χ3v) is 3.05. The Morgan fingerprint density at radius 2 is 2.00 bits per heavy atom. The molecule has 0 aliphatic carbocycles. The van der Waals surface area contributed by atoms with Crippen molar-refractivity contribution in [3.8, 4) is 5.75 Å². The van der Waals surface area contributed by atoms with Gasteiger partial charge >= 0.3 is 0 Å². The maximum Gasteiger partial charge on any atom is 0.123 e. The van der Waals surface area contributed by atoms with Crippen molar-refractivity contribution < 1.29 is 9.15 Å². The Hall–Kier alpha value is -1.16. The summed E-state index contributed by atoms with van der Waals surface area (Å²) in [5.41, 5.74) is 6.45. The smallest absolute Gasteiger partial charge is 0.123 e. The summed E-state index contributed by atoms with van der Waals surface area (Å²) < 4.78 is 10.8. The van der Waals surface area contributed by atoms with Crippen LogP contribution < -0.4 is 10.5 Å². The Morgan fingerprint density at radius 3 is 2.71 bits per heavy atom. The highest BCUT2D eigenvalue weighted by Crippen LogP contribution is 2.27. The van der Waals surface area contributed by atoms with Crippen LogP contribution in [0.1, 0.15) is 11.3 Å². The number of rotatable bonds is 4. The van der Waals surface area contributed by atoms with E-state index >= 15 is 0 Å². The van der Waals surface area contributed by atoms with Crippen molar-refractivity contribution >= 4 is 23.2 Å². The van der Waals surface area contributed by atoms with Crippen molar-refractivity contribution in [2.24, 2.45) is 5.73 Å². The molecule has 0 bridgehead atoms. The number of hydrogen-bond acceptors (Lipinski definition) is 3. The van der Waals surface area contributed by atoms with E-state index in [0.717, 1.165) is 11.3 Å². The van der Waals surface area contributed by atoms with E-state index in [1.807, 2.05) is 6.07 Å². The maximum atomic E-state index is 5.88. The number of halogens is 2. The van der Waals surface area contributed by atoms with Gasteiger partial charge in [-0.1, -0.05) is 23.2 Å². The lowest BCUT2D eigenvalue weighted by Gasteiger charge is -2.06. The van der Waals surface area contributed by atoms with E-state index in [0.29, 0.717) is 28.9 Å². The molecule has 90 valence electrons. The fraction of sp³-hybridized carbons (Fsp3) is 0.167. The highest BCUT2D eigenvalue weighted by molar-refractivity contribution is 6.42. The number of nitrogens with two attached hydrogens (primary N) is 1. The molecule has 2 aromatic rings. The summed E-state index contributed by atoms with van der Waals surface area (Å²) in [4.78, 5) is 0. The molecule has 0 atom stereocenters. The van der Waals surface area contributed by atoms with Crippen LogP contribution in [0.3, 0.4) is 0 Å². The van der Waals surface area contributed by atoms with Crippen molar-refractivity contribution in [2.45, 2.75) is 13.2 Å². The fourth-order valence-electron chi connectivity index (χ4n) is 1.40. The maximum absolute atomic E-state index is 5.88. The van der Waals surface area contributed by atoms with Gasteiger partial charge in [0.15, 0.2) is 0 Å². The van der Waals surface area contributed by atoms with Gasteiger partial charge in [0.05, 0.1) is 22.9 Å². The second-order valence-electron chi connectivity index (χ2n) is 3.44. The van der Waals surface area contributed by atoms with E-state index in [1.54, 1.807) is 24.5 Å². The monoisotopic (exact) mass is 271 g/mol. The highest BCUT2D eigenvalue weighted by Gasteiger charge is 2.06. The number of ether oxygens (including phenoxy) is 1. The van der Waals surface area contributed by atoms with Crippen LogP contribution in [0.5, 0.6) is 5.75 Å². The molecular formula is C12H11Cl2NO2. The Morgan fingerprint density at radius 1 is 1.18 bits per heavy atom. The first-order chi connectivity index (χ1) is 8.20. The second kappa shape index (κ2) is 5.45. The summed E-state index contributed by atoms with van der Waals surface area (Å²) >= 11 is 11.7. The zero-order valence-electron chi connectivity index (χ0n) is 8.95. The van der Waals surface area contributed by atoms with Crippen molar-refractivity contribution in [2.75, 3.05) is 0 Å². The van der Waals surface area contributed by atoms with Gasteiger partial charge in [-0.25, -0.2) is 0 Å². The Labute approximate surface area is 109 Å². The topological polar surface area (TPSA) is 48.4 Å². The van der Waals surface area contributed by atoms with Gasteiger partial charge in [0.2, 0.25) is 0 Å². The predicted molar refractivity (Wildman–Crippen MR) is 67.4 cm³/mol. The second-order valence-corrected chi connectivity index (χ2v) is 4.25. The molecular weight excluding hydrogens is 261 g/mol. The summed E-state index contributed by atoms with van der Waals surface area (Å²) in [7, 11) is 0. The number of benzene rings is 1. The molecule has 2 rings (SSSR count). The molecule has 5 heteroatoms. The summed E-state index contributed by atoms with van der Waals surface area (Å²) in [6, 6.07) is 6.96. The Balaban J connectivity index is 2.05. The van der Waals surface area contributed by atoms with Gasteiger partial charge in [-0.05, 0) is 18.2 Å². The van der Waals surface area contributed by atoms with Crippen LogP contribution in [0.25, 0.3) is 0 Å². The average molecular weight is 272 g/mol. The summed E-state index contributed by atoms with van der Waals surface area (Å²) in [6.45, 7) is 0.744. The van der Waals surface area contributed by atoms with Crippen LogP contribution in [0.2, 0.25) is 10.0 Å². The Bertz CT molecular complexity index is 511. The van der Waals surface area contributed by atoms with Crippen LogP contribution in [0.4, 0.5) is 0 Å². The molecule has 17 heavy (non-hydrogen) atoms. The molecule has 0 amide bonds. The van der Waals surface area contributed by atoms with Crippen molar-refractivity contribution in [3.05, 3.63) is 51.9 Å². The van der Waals surface area contributed by atoms with Gasteiger partial charge in [0.25, 0.3) is 0 Å². The van der Waals surface area contributed by atoms with Crippen LogP contribution in [0, 0.1) is 0 Å². The lowest BCUT2D eigenvalue weighted by molar-refractivity contribution is 0.302. The molecule has 0 saturated carbocycles. The SMILES string of the molecule is NCc1occc1COc1ccc(Cl)c(Cl)c1. The Kier molecular flexibility index (Phi) is 3.94. The minimum absolute atomic E-state index is 0.354. The normalized spacial score (nSPS) is 10.5. The third kappa shape index (κ3) is 2.94. The molecule has 0 fully saturated rings. The molecule has 3 nitrogen and oxygen atoms in total. The first-order valence-corrected chi connectivity index (χ1v) is 5.79. The zero-order chi connectivity index (χ0) is 12.3. The summed E-state index contributed by atoms with van der Waals surface area (Å²) in [5, 5.41) is 0.973. The standard InChI is InChI=1S/C12H11Cl2NO2/c13-10-2-1-9(5-11(10)14)17-7-8-3-4-16-12(8)6-15/h1-5H,6-7,15H2. The zero-order valence-corrected chi connectivity index (χ0v) is 10.5. The lowest BCUT2D eigenvalue weighted by Crippen LogP contribution is -2.01. The van der Waals surface area contributed by atoms with Crippen LogP contribution in [-0.4, -0.2) is 0 Å². The quantitative estimate of drug-likeness (QED) is 0.924. The number of hydrogen-bond donors (Lipinski definition) is 1. The van der Waals surface area contributed by atoms with E-state index < -0.39 is 0 Å². The first-order valence-electron chi connectivity index (χ1n) is 5.04. The van der Waals surface area contributed by atoms with Crippen molar-refractivity contribution in [1.82, 2.24) is 0 Å². The molecule has 0 aliphatic heterocycles. The third-order valence-electron chi connectivity index (χ3n) is 2.31. The molecule has 0 radical (unpaired) electrons. The van der Waals surface area contributed by atoms with Gasteiger partial charge in [-0.3, -0.25) is 0 Å². The minimum atomic E-state index is 0.354. The van der Waals surface area contributed by atoms with E-state index in [2.05, 4.69) is 0 Å². The molecule has 1 aromatic carbocycles. The van der Waals surface area contributed by atoms with Crippen molar-refractivity contribution in [1.29, 1.82) is 0 Å². The van der Waals surface area contributed by atoms with E-state index in [9.17, 15) is 0 Å². The van der Waals surface area contributed by atoms with Crippen molar-refractivity contribution in [3.63, 3.8) is 0 Å². The van der Waals surface area contributed by atoms with Gasteiger partial charge < -0.3 is 14.9 Å². The van der Waals surface area contributed by atoms with Gasteiger partial charge in [-0.15, -0.1) is 0 Å². The average Bonchev–Trinajstić information content (AvgIpc) is 2.78. The molecule has 1 heterocycles. The molecule has 0 unspecified atom stereocenters.